The molecule has 1 atom stereocenters. The van der Waals surface area contributed by atoms with Crippen LogP contribution in [0.3, 0.4) is 0 Å². The lowest BCUT2D eigenvalue weighted by Crippen LogP contribution is -2.19. The average molecular weight is 358 g/mol. The van der Waals surface area contributed by atoms with E-state index in [0.29, 0.717) is 17.6 Å². The van der Waals surface area contributed by atoms with Gasteiger partial charge in [0, 0.05) is 19.4 Å². The fourth-order valence-electron chi connectivity index (χ4n) is 3.40. The molecule has 1 saturated heterocycles. The van der Waals surface area contributed by atoms with Gasteiger partial charge >= 0.3 is 0 Å². The van der Waals surface area contributed by atoms with Gasteiger partial charge < -0.3 is 24.5 Å². The molecule has 8 nitrogen and oxygen atoms in total. The predicted molar refractivity (Wildman–Crippen MR) is 95.8 cm³/mol. The third-order valence-electron chi connectivity index (χ3n) is 4.73. The Morgan fingerprint density at radius 2 is 2.15 bits per heavy atom. The molecule has 26 heavy (non-hydrogen) atoms. The average Bonchev–Trinajstić information content (AvgIpc) is 3.27. The zero-order valence-electron chi connectivity index (χ0n) is 14.8. The zero-order valence-corrected chi connectivity index (χ0v) is 14.8. The van der Waals surface area contributed by atoms with Gasteiger partial charge in [0.25, 0.3) is 5.91 Å². The van der Waals surface area contributed by atoms with E-state index in [1.54, 1.807) is 13.3 Å². The Morgan fingerprint density at radius 3 is 2.85 bits per heavy atom. The number of fused-ring (bicyclic) bond motifs is 1. The van der Waals surface area contributed by atoms with E-state index in [-0.39, 0.29) is 17.9 Å². The van der Waals surface area contributed by atoms with E-state index in [1.807, 2.05) is 13.0 Å². The third kappa shape index (κ3) is 3.08. The number of carbonyl (C=O) groups excluding carboxylic acids is 1. The molecule has 1 unspecified atom stereocenters. The van der Waals surface area contributed by atoms with Gasteiger partial charge in [-0.1, -0.05) is 6.07 Å². The van der Waals surface area contributed by atoms with Crippen LogP contribution in [-0.4, -0.2) is 42.4 Å². The van der Waals surface area contributed by atoms with Crippen LogP contribution in [0, 0.1) is 0 Å². The van der Waals surface area contributed by atoms with Crippen LogP contribution in [0.5, 0.6) is 5.75 Å². The van der Waals surface area contributed by atoms with Crippen molar-refractivity contribution >= 4 is 22.9 Å². The highest BCUT2D eigenvalue weighted by Crippen LogP contribution is 2.36. The van der Waals surface area contributed by atoms with E-state index in [4.69, 9.17) is 14.2 Å². The number of hydrogen-bond donors (Lipinski definition) is 3. The number of nitrogens with zero attached hydrogens (tertiary/aromatic N) is 1. The van der Waals surface area contributed by atoms with Crippen molar-refractivity contribution in [2.24, 2.45) is 0 Å². The van der Waals surface area contributed by atoms with Crippen LogP contribution in [0.25, 0.3) is 11.0 Å². The second-order valence-corrected chi connectivity index (χ2v) is 6.44. The first-order valence-electron chi connectivity index (χ1n) is 8.74. The number of methoxy groups -OCH3 is 1. The summed E-state index contributed by atoms with van der Waals surface area (Å²) in [6.45, 7) is 3.33. The van der Waals surface area contributed by atoms with Crippen molar-refractivity contribution < 1.29 is 19.0 Å². The Morgan fingerprint density at radius 1 is 1.35 bits per heavy atom. The second kappa shape index (κ2) is 6.87. The molecule has 0 aliphatic carbocycles. The molecule has 1 amide bonds. The molecule has 3 N–H and O–H groups in total. The van der Waals surface area contributed by atoms with Crippen LogP contribution in [0.15, 0.2) is 24.1 Å². The minimum absolute atomic E-state index is 0.216. The van der Waals surface area contributed by atoms with Gasteiger partial charge in [-0.15, -0.1) is 0 Å². The maximum Gasteiger partial charge on any atom is 0.294 e. The van der Waals surface area contributed by atoms with Crippen molar-refractivity contribution in [1.82, 2.24) is 15.3 Å². The lowest BCUT2D eigenvalue weighted by atomic mass is 9.90. The number of amides is 1. The minimum atomic E-state index is -0.354. The summed E-state index contributed by atoms with van der Waals surface area (Å²) < 4.78 is 16.3. The SMILES string of the molecule is COc1ccc(C2CCOCC2)c2nc(NC(=O)C3=CNC(C)O3)[nH]c12. The molecule has 3 heterocycles. The standard InChI is InChI=1S/C18H22N4O4/c1-10-19-9-14(26-10)17(23)22-18-20-15-12(11-5-7-25-8-6-11)3-4-13(24-2)16(15)21-18/h3-4,9-11,19H,5-8H2,1-2H3,(H2,20,21,22,23). The number of H-pyrrole nitrogens is 1. The van der Waals surface area contributed by atoms with Crippen LogP contribution in [0.1, 0.15) is 31.2 Å². The number of aromatic amines is 1. The summed E-state index contributed by atoms with van der Waals surface area (Å²) in [5.74, 6) is 1.32. The van der Waals surface area contributed by atoms with Gasteiger partial charge in [-0.3, -0.25) is 10.1 Å². The highest BCUT2D eigenvalue weighted by atomic mass is 16.5. The summed E-state index contributed by atoms with van der Waals surface area (Å²) in [6, 6.07) is 3.99. The fraction of sp³-hybridized carbons (Fsp3) is 0.444. The first-order valence-corrected chi connectivity index (χ1v) is 8.74. The number of aromatic nitrogens is 2. The maximum absolute atomic E-state index is 12.3. The molecular formula is C18H22N4O4. The van der Waals surface area contributed by atoms with Gasteiger partial charge in [-0.05, 0) is 37.3 Å². The molecule has 1 fully saturated rings. The van der Waals surface area contributed by atoms with Gasteiger partial charge in [0.05, 0.1) is 12.6 Å². The van der Waals surface area contributed by atoms with Crippen LogP contribution in [0.4, 0.5) is 5.95 Å². The van der Waals surface area contributed by atoms with Crippen LogP contribution in [0.2, 0.25) is 0 Å². The number of anilines is 1. The molecule has 0 saturated carbocycles. The number of imidazole rings is 1. The molecule has 0 bridgehead atoms. The van der Waals surface area contributed by atoms with Crippen molar-refractivity contribution in [2.45, 2.75) is 31.9 Å². The van der Waals surface area contributed by atoms with E-state index in [2.05, 4.69) is 26.7 Å². The van der Waals surface area contributed by atoms with E-state index in [0.717, 1.165) is 42.7 Å². The van der Waals surface area contributed by atoms with Gasteiger partial charge in [0.15, 0.2) is 6.23 Å². The number of benzene rings is 1. The van der Waals surface area contributed by atoms with Gasteiger partial charge in [0.2, 0.25) is 11.7 Å². The molecule has 8 heteroatoms. The molecule has 2 aliphatic heterocycles. The molecule has 1 aromatic heterocycles. The second-order valence-electron chi connectivity index (χ2n) is 6.44. The lowest BCUT2D eigenvalue weighted by molar-refractivity contribution is -0.116. The largest absolute Gasteiger partial charge is 0.494 e. The van der Waals surface area contributed by atoms with Gasteiger partial charge in [-0.2, -0.15) is 0 Å². The Balaban J connectivity index is 1.65. The van der Waals surface area contributed by atoms with Gasteiger partial charge in [-0.25, -0.2) is 4.98 Å². The number of carbonyl (C=O) groups is 1. The monoisotopic (exact) mass is 358 g/mol. The highest BCUT2D eigenvalue weighted by molar-refractivity contribution is 6.02. The van der Waals surface area contributed by atoms with Crippen molar-refractivity contribution in [1.29, 1.82) is 0 Å². The molecule has 2 aromatic rings. The van der Waals surface area contributed by atoms with Crippen molar-refractivity contribution in [3.63, 3.8) is 0 Å². The smallest absolute Gasteiger partial charge is 0.294 e. The van der Waals surface area contributed by atoms with Crippen molar-refractivity contribution in [2.75, 3.05) is 25.6 Å². The number of ether oxygens (including phenoxy) is 3. The summed E-state index contributed by atoms with van der Waals surface area (Å²) in [6.07, 6.45) is 3.25. The fourth-order valence-corrected chi connectivity index (χ4v) is 3.40. The summed E-state index contributed by atoms with van der Waals surface area (Å²) in [4.78, 5) is 20.1. The topological polar surface area (TPSA) is 97.5 Å². The van der Waals surface area contributed by atoms with E-state index >= 15 is 0 Å². The van der Waals surface area contributed by atoms with Crippen LogP contribution in [-0.2, 0) is 14.3 Å². The summed E-state index contributed by atoms with van der Waals surface area (Å²) in [7, 11) is 1.62. The highest BCUT2D eigenvalue weighted by Gasteiger charge is 2.24. The first-order chi connectivity index (χ1) is 12.7. The maximum atomic E-state index is 12.3. The quantitative estimate of drug-likeness (QED) is 0.775. The predicted octanol–water partition coefficient (Wildman–Crippen LogP) is 2.21. The number of nitrogens with one attached hydrogen (secondary N) is 3. The Bertz CT molecular complexity index is 854. The van der Waals surface area contributed by atoms with Gasteiger partial charge in [0.1, 0.15) is 11.3 Å². The van der Waals surface area contributed by atoms with Crippen molar-refractivity contribution in [3.8, 4) is 5.75 Å². The Hall–Kier alpha value is -2.74. The molecule has 138 valence electrons. The van der Waals surface area contributed by atoms with E-state index < -0.39 is 0 Å². The molecular weight excluding hydrogens is 336 g/mol. The summed E-state index contributed by atoms with van der Waals surface area (Å²) >= 11 is 0. The summed E-state index contributed by atoms with van der Waals surface area (Å²) in [5, 5.41) is 5.68. The molecule has 1 aromatic carbocycles. The molecule has 2 aliphatic rings. The van der Waals surface area contributed by atoms with Crippen LogP contribution < -0.4 is 15.4 Å². The first kappa shape index (κ1) is 16.7. The zero-order chi connectivity index (χ0) is 18.1. The third-order valence-corrected chi connectivity index (χ3v) is 4.73. The Labute approximate surface area is 150 Å². The van der Waals surface area contributed by atoms with Crippen LogP contribution >= 0.6 is 0 Å². The number of hydrogen-bond acceptors (Lipinski definition) is 6. The van der Waals surface area contributed by atoms with Crippen molar-refractivity contribution in [3.05, 3.63) is 29.7 Å². The van der Waals surface area contributed by atoms with E-state index in [1.165, 1.54) is 0 Å². The Kier molecular flexibility index (Phi) is 4.42. The lowest BCUT2D eigenvalue weighted by Gasteiger charge is -2.22. The molecule has 0 radical (unpaired) electrons. The molecule has 4 rings (SSSR count). The summed E-state index contributed by atoms with van der Waals surface area (Å²) in [5.41, 5.74) is 2.74. The van der Waals surface area contributed by atoms with E-state index in [9.17, 15) is 4.79 Å². The number of rotatable bonds is 4. The molecule has 0 spiro atoms. The minimum Gasteiger partial charge on any atom is -0.494 e. The normalized spacial score (nSPS) is 20.4.